The molecule has 2 N–H and O–H groups in total. The van der Waals surface area contributed by atoms with Crippen LogP contribution in [0.25, 0.3) is 0 Å². The highest BCUT2D eigenvalue weighted by atomic mass is 16.6. The molecule has 156 valence electrons. The van der Waals surface area contributed by atoms with E-state index in [1.54, 1.807) is 20.8 Å². The maximum atomic E-state index is 12.8. The minimum Gasteiger partial charge on any atom is -0.458 e. The molecule has 1 aromatic rings. The van der Waals surface area contributed by atoms with Crippen LogP contribution in [0.3, 0.4) is 0 Å². The van der Waals surface area contributed by atoms with Crippen LogP contribution in [0.5, 0.6) is 0 Å². The number of nitrogens with zero attached hydrogens (tertiary/aromatic N) is 1. The second-order valence-electron chi connectivity index (χ2n) is 7.85. The number of ether oxygens (including phenoxy) is 1. The van der Waals surface area contributed by atoms with Crippen molar-refractivity contribution in [3.8, 4) is 0 Å². The van der Waals surface area contributed by atoms with Gasteiger partial charge in [0.2, 0.25) is 12.3 Å². The number of hydrogen-bond donors (Lipinski definition) is 2. The number of hydrogen-bond acceptors (Lipinski definition) is 5. The molecular formula is C21H32N2O5. The summed E-state index contributed by atoms with van der Waals surface area (Å²) in [5.74, 6) is -1.52. The van der Waals surface area contributed by atoms with Crippen molar-refractivity contribution in [2.24, 2.45) is 5.92 Å². The lowest BCUT2D eigenvalue weighted by molar-refractivity contribution is -0.160. The molecule has 0 aliphatic heterocycles. The van der Waals surface area contributed by atoms with Gasteiger partial charge in [0.15, 0.2) is 0 Å². The number of esters is 1. The van der Waals surface area contributed by atoms with Crippen LogP contribution >= 0.6 is 0 Å². The van der Waals surface area contributed by atoms with Crippen molar-refractivity contribution in [2.45, 2.75) is 65.0 Å². The standard InChI is InChI=1S/C21H32N2O5/c1-5-6-12-17(14-23(27)15-24)19(25)22-18(20(26)28-21(2,3)4)13-16-10-8-7-9-11-16/h7-11,15,17-18,27H,5-6,12-14H2,1-4H3,(H,22,25). The molecule has 0 aromatic heterocycles. The van der Waals surface area contributed by atoms with Crippen LogP contribution in [0.2, 0.25) is 0 Å². The van der Waals surface area contributed by atoms with Gasteiger partial charge < -0.3 is 10.1 Å². The van der Waals surface area contributed by atoms with Crippen LogP contribution in [-0.2, 0) is 25.5 Å². The number of benzene rings is 1. The Morgan fingerprint density at radius 1 is 1.25 bits per heavy atom. The van der Waals surface area contributed by atoms with Gasteiger partial charge in [0.1, 0.15) is 11.6 Å². The first-order valence-electron chi connectivity index (χ1n) is 9.64. The number of carbonyl (C=O) groups is 3. The summed E-state index contributed by atoms with van der Waals surface area (Å²) in [5.41, 5.74) is 0.207. The Balaban J connectivity index is 2.95. The fourth-order valence-corrected chi connectivity index (χ4v) is 2.73. The van der Waals surface area contributed by atoms with E-state index in [1.807, 2.05) is 37.3 Å². The Labute approximate surface area is 167 Å². The van der Waals surface area contributed by atoms with Crippen molar-refractivity contribution in [3.05, 3.63) is 35.9 Å². The van der Waals surface area contributed by atoms with E-state index < -0.39 is 23.5 Å². The van der Waals surface area contributed by atoms with E-state index in [0.717, 1.165) is 18.4 Å². The van der Waals surface area contributed by atoms with Gasteiger partial charge in [0.25, 0.3) is 0 Å². The molecule has 0 saturated heterocycles. The first kappa shape index (κ1) is 23.6. The smallest absolute Gasteiger partial charge is 0.329 e. The van der Waals surface area contributed by atoms with Crippen molar-refractivity contribution in [2.75, 3.05) is 6.54 Å². The number of rotatable bonds is 11. The fraction of sp³-hybridized carbons (Fsp3) is 0.571. The number of amides is 2. The second-order valence-corrected chi connectivity index (χ2v) is 7.85. The van der Waals surface area contributed by atoms with E-state index in [2.05, 4.69) is 5.32 Å². The third-order valence-corrected chi connectivity index (χ3v) is 4.10. The normalized spacial score (nSPS) is 13.3. The summed E-state index contributed by atoms with van der Waals surface area (Å²) in [6.07, 6.45) is 2.69. The maximum absolute atomic E-state index is 12.8. The third-order valence-electron chi connectivity index (χ3n) is 4.10. The number of unbranched alkanes of at least 4 members (excludes halogenated alkanes) is 1. The molecule has 1 rings (SSSR count). The van der Waals surface area contributed by atoms with Crippen molar-refractivity contribution in [1.29, 1.82) is 0 Å². The Hall–Kier alpha value is -2.41. The SMILES string of the molecule is CCCCC(CN(O)C=O)C(=O)NC(Cc1ccccc1)C(=O)OC(C)(C)C. The summed E-state index contributed by atoms with van der Waals surface area (Å²) in [5, 5.41) is 12.7. The molecule has 0 spiro atoms. The van der Waals surface area contributed by atoms with Crippen molar-refractivity contribution >= 4 is 18.3 Å². The predicted octanol–water partition coefficient (Wildman–Crippen LogP) is 2.71. The van der Waals surface area contributed by atoms with Gasteiger partial charge in [-0.05, 0) is 32.8 Å². The second kappa shape index (κ2) is 11.4. The van der Waals surface area contributed by atoms with Gasteiger partial charge in [0, 0.05) is 6.42 Å². The van der Waals surface area contributed by atoms with E-state index in [1.165, 1.54) is 0 Å². The number of hydroxylamine groups is 2. The minimum absolute atomic E-state index is 0.123. The van der Waals surface area contributed by atoms with Crippen molar-refractivity contribution < 1.29 is 24.3 Å². The molecule has 1 aromatic carbocycles. The molecule has 7 heteroatoms. The minimum atomic E-state index is -0.860. The first-order valence-corrected chi connectivity index (χ1v) is 9.64. The summed E-state index contributed by atoms with van der Waals surface area (Å²) in [6, 6.07) is 8.49. The lowest BCUT2D eigenvalue weighted by Gasteiger charge is -2.26. The van der Waals surface area contributed by atoms with Gasteiger partial charge in [-0.15, -0.1) is 0 Å². The molecule has 2 amide bonds. The molecule has 28 heavy (non-hydrogen) atoms. The van der Waals surface area contributed by atoms with Crippen LogP contribution in [-0.4, -0.2) is 46.7 Å². The zero-order chi connectivity index (χ0) is 21.2. The summed E-state index contributed by atoms with van der Waals surface area (Å²) < 4.78 is 5.47. The van der Waals surface area contributed by atoms with E-state index in [0.29, 0.717) is 17.9 Å². The highest BCUT2D eigenvalue weighted by Crippen LogP contribution is 2.14. The zero-order valence-corrected chi connectivity index (χ0v) is 17.2. The summed E-state index contributed by atoms with van der Waals surface area (Å²) in [4.78, 5) is 36.2. The van der Waals surface area contributed by atoms with Gasteiger partial charge in [0.05, 0.1) is 12.5 Å². The highest BCUT2D eigenvalue weighted by molar-refractivity contribution is 5.86. The molecule has 0 bridgehead atoms. The largest absolute Gasteiger partial charge is 0.458 e. The molecule has 2 atom stereocenters. The average molecular weight is 392 g/mol. The van der Waals surface area contributed by atoms with E-state index in [-0.39, 0.29) is 18.9 Å². The summed E-state index contributed by atoms with van der Waals surface area (Å²) in [7, 11) is 0. The van der Waals surface area contributed by atoms with Crippen molar-refractivity contribution in [3.63, 3.8) is 0 Å². The Morgan fingerprint density at radius 3 is 2.43 bits per heavy atom. The first-order chi connectivity index (χ1) is 13.2. The van der Waals surface area contributed by atoms with Crippen LogP contribution < -0.4 is 5.32 Å². The molecule has 2 unspecified atom stereocenters. The summed E-state index contributed by atoms with van der Waals surface area (Å²) in [6.45, 7) is 7.17. The Kier molecular flexibility index (Phi) is 9.65. The van der Waals surface area contributed by atoms with Gasteiger partial charge in [-0.1, -0.05) is 50.1 Å². The van der Waals surface area contributed by atoms with Crippen molar-refractivity contribution in [1.82, 2.24) is 10.4 Å². The van der Waals surface area contributed by atoms with E-state index in [9.17, 15) is 19.6 Å². The topological polar surface area (TPSA) is 95.9 Å². The molecule has 7 nitrogen and oxygen atoms in total. The van der Waals surface area contributed by atoms with Gasteiger partial charge in [-0.3, -0.25) is 14.8 Å². The van der Waals surface area contributed by atoms with Gasteiger partial charge >= 0.3 is 5.97 Å². The van der Waals surface area contributed by atoms with Gasteiger partial charge in [-0.2, -0.15) is 0 Å². The zero-order valence-electron chi connectivity index (χ0n) is 17.2. The molecule has 0 saturated carbocycles. The van der Waals surface area contributed by atoms with E-state index in [4.69, 9.17) is 4.74 Å². The molecule has 0 aliphatic rings. The van der Waals surface area contributed by atoms with E-state index >= 15 is 0 Å². The highest BCUT2D eigenvalue weighted by Gasteiger charge is 2.30. The predicted molar refractivity (Wildman–Crippen MR) is 105 cm³/mol. The lowest BCUT2D eigenvalue weighted by atomic mass is 9.99. The van der Waals surface area contributed by atoms with Crippen LogP contribution in [0.4, 0.5) is 0 Å². The molecule has 0 heterocycles. The maximum Gasteiger partial charge on any atom is 0.329 e. The molecular weight excluding hydrogens is 360 g/mol. The average Bonchev–Trinajstić information content (AvgIpc) is 2.63. The number of carbonyl (C=O) groups excluding carboxylic acids is 3. The lowest BCUT2D eigenvalue weighted by Crippen LogP contribution is -2.49. The molecule has 0 aliphatic carbocycles. The quantitative estimate of drug-likeness (QED) is 0.261. The van der Waals surface area contributed by atoms with Crippen LogP contribution in [0, 0.1) is 5.92 Å². The summed E-state index contributed by atoms with van der Waals surface area (Å²) >= 11 is 0. The Morgan fingerprint density at radius 2 is 1.89 bits per heavy atom. The van der Waals surface area contributed by atoms with Crippen LogP contribution in [0.1, 0.15) is 52.5 Å². The van der Waals surface area contributed by atoms with Gasteiger partial charge in [-0.25, -0.2) is 9.86 Å². The molecule has 0 radical (unpaired) electrons. The third kappa shape index (κ3) is 8.99. The number of nitrogens with one attached hydrogen (secondary N) is 1. The van der Waals surface area contributed by atoms with Crippen LogP contribution in [0.15, 0.2) is 30.3 Å². The molecule has 0 fully saturated rings. The Bertz CT molecular complexity index is 627. The fourth-order valence-electron chi connectivity index (χ4n) is 2.73. The monoisotopic (exact) mass is 392 g/mol.